The van der Waals surface area contributed by atoms with Gasteiger partial charge in [-0.25, -0.2) is 9.78 Å². The molecule has 0 saturated carbocycles. The summed E-state index contributed by atoms with van der Waals surface area (Å²) >= 11 is 0. The lowest BCUT2D eigenvalue weighted by Gasteiger charge is -2.21. The standard InChI is InChI=1S/C12H17N3O3/c1-2-17-12(16)10-11(13)15(6-14-10)8-5-7-3-4-9(8)18-7/h6-9H,2-5,13H2,1H3. The normalized spacial score (nSPS) is 29.7. The Labute approximate surface area is 105 Å². The van der Waals surface area contributed by atoms with Gasteiger partial charge in [0.2, 0.25) is 0 Å². The van der Waals surface area contributed by atoms with Crippen molar-refractivity contribution in [2.24, 2.45) is 0 Å². The highest BCUT2D eigenvalue weighted by Crippen LogP contribution is 2.42. The van der Waals surface area contributed by atoms with Crippen molar-refractivity contribution < 1.29 is 14.3 Å². The van der Waals surface area contributed by atoms with Crippen molar-refractivity contribution in [1.82, 2.24) is 9.55 Å². The van der Waals surface area contributed by atoms with Crippen LogP contribution in [0.25, 0.3) is 0 Å². The number of nitrogens with two attached hydrogens (primary N) is 1. The summed E-state index contributed by atoms with van der Waals surface area (Å²) in [5.74, 6) is -0.0765. The van der Waals surface area contributed by atoms with Crippen LogP contribution in [0.5, 0.6) is 0 Å². The molecule has 0 aliphatic carbocycles. The third-order valence-corrected chi connectivity index (χ3v) is 3.73. The second-order valence-corrected chi connectivity index (χ2v) is 4.78. The van der Waals surface area contributed by atoms with Crippen molar-refractivity contribution in [1.29, 1.82) is 0 Å². The molecule has 3 heterocycles. The molecule has 2 fully saturated rings. The minimum atomic E-state index is -0.460. The molecule has 2 aliphatic heterocycles. The van der Waals surface area contributed by atoms with Crippen LogP contribution in [0.4, 0.5) is 5.82 Å². The van der Waals surface area contributed by atoms with Gasteiger partial charge in [0.25, 0.3) is 0 Å². The summed E-state index contributed by atoms with van der Waals surface area (Å²) in [6.07, 6.45) is 5.31. The number of fused-ring (bicyclic) bond motifs is 2. The molecule has 0 aromatic carbocycles. The molecular weight excluding hydrogens is 234 g/mol. The highest BCUT2D eigenvalue weighted by atomic mass is 16.5. The van der Waals surface area contributed by atoms with E-state index in [4.69, 9.17) is 15.2 Å². The lowest BCUT2D eigenvalue weighted by Crippen LogP contribution is -2.22. The first-order chi connectivity index (χ1) is 8.70. The summed E-state index contributed by atoms with van der Waals surface area (Å²) in [6.45, 7) is 2.08. The number of aromatic nitrogens is 2. The molecule has 2 N–H and O–H groups in total. The molecular formula is C12H17N3O3. The molecule has 2 bridgehead atoms. The van der Waals surface area contributed by atoms with E-state index in [1.165, 1.54) is 0 Å². The molecule has 98 valence electrons. The molecule has 0 spiro atoms. The van der Waals surface area contributed by atoms with Crippen molar-refractivity contribution in [2.45, 2.75) is 44.4 Å². The van der Waals surface area contributed by atoms with Crippen LogP contribution in [0.3, 0.4) is 0 Å². The number of carbonyl (C=O) groups is 1. The number of nitrogen functional groups attached to an aromatic ring is 1. The fourth-order valence-corrected chi connectivity index (χ4v) is 2.90. The number of nitrogens with zero attached hydrogens (tertiary/aromatic N) is 2. The minimum absolute atomic E-state index is 0.208. The quantitative estimate of drug-likeness (QED) is 0.815. The van der Waals surface area contributed by atoms with E-state index in [9.17, 15) is 4.79 Å². The number of rotatable bonds is 3. The molecule has 3 unspecified atom stereocenters. The molecule has 3 atom stereocenters. The van der Waals surface area contributed by atoms with E-state index in [0.29, 0.717) is 18.5 Å². The maximum Gasteiger partial charge on any atom is 0.360 e. The Morgan fingerprint density at radius 3 is 3.11 bits per heavy atom. The average molecular weight is 251 g/mol. The van der Waals surface area contributed by atoms with E-state index >= 15 is 0 Å². The maximum atomic E-state index is 11.6. The van der Waals surface area contributed by atoms with Crippen LogP contribution < -0.4 is 5.73 Å². The number of ether oxygens (including phenoxy) is 2. The van der Waals surface area contributed by atoms with Gasteiger partial charge in [0, 0.05) is 0 Å². The van der Waals surface area contributed by atoms with Gasteiger partial charge in [-0.3, -0.25) is 0 Å². The number of hydrogen-bond donors (Lipinski definition) is 1. The first-order valence-corrected chi connectivity index (χ1v) is 6.35. The summed E-state index contributed by atoms with van der Waals surface area (Å²) in [4.78, 5) is 15.7. The van der Waals surface area contributed by atoms with Crippen molar-refractivity contribution in [3.8, 4) is 0 Å². The molecule has 3 rings (SSSR count). The summed E-state index contributed by atoms with van der Waals surface area (Å²) in [5, 5.41) is 0. The third kappa shape index (κ3) is 1.68. The topological polar surface area (TPSA) is 79.4 Å². The van der Waals surface area contributed by atoms with Crippen molar-refractivity contribution in [3.05, 3.63) is 12.0 Å². The predicted octanol–water partition coefficient (Wildman–Crippen LogP) is 1.13. The van der Waals surface area contributed by atoms with E-state index in [1.54, 1.807) is 13.3 Å². The first kappa shape index (κ1) is 11.5. The van der Waals surface area contributed by atoms with Crippen molar-refractivity contribution in [3.63, 3.8) is 0 Å². The van der Waals surface area contributed by atoms with Gasteiger partial charge >= 0.3 is 5.97 Å². The predicted molar refractivity (Wildman–Crippen MR) is 64.1 cm³/mol. The number of imidazole rings is 1. The Morgan fingerprint density at radius 2 is 2.50 bits per heavy atom. The highest BCUT2D eigenvalue weighted by Gasteiger charge is 2.42. The Balaban J connectivity index is 1.84. The smallest absolute Gasteiger partial charge is 0.360 e. The van der Waals surface area contributed by atoms with Gasteiger partial charge in [0.15, 0.2) is 5.69 Å². The molecule has 0 radical (unpaired) electrons. The van der Waals surface area contributed by atoms with Crippen molar-refractivity contribution in [2.75, 3.05) is 12.3 Å². The number of esters is 1. The van der Waals surface area contributed by atoms with Crippen LogP contribution in [-0.4, -0.2) is 34.3 Å². The third-order valence-electron chi connectivity index (χ3n) is 3.73. The second kappa shape index (κ2) is 4.28. The van der Waals surface area contributed by atoms with Gasteiger partial charge in [-0.1, -0.05) is 0 Å². The Bertz CT molecular complexity index is 471. The largest absolute Gasteiger partial charge is 0.461 e. The van der Waals surface area contributed by atoms with Crippen molar-refractivity contribution >= 4 is 11.8 Å². The fraction of sp³-hybridized carbons (Fsp3) is 0.667. The van der Waals surface area contributed by atoms with Crippen LogP contribution in [0.1, 0.15) is 42.7 Å². The fourth-order valence-electron chi connectivity index (χ4n) is 2.90. The summed E-state index contributed by atoms with van der Waals surface area (Å²) in [5.41, 5.74) is 6.20. The molecule has 6 nitrogen and oxygen atoms in total. The Hall–Kier alpha value is -1.56. The van der Waals surface area contributed by atoms with Gasteiger partial charge in [-0.05, 0) is 26.2 Å². The molecule has 6 heteroatoms. The van der Waals surface area contributed by atoms with E-state index in [2.05, 4.69) is 4.98 Å². The monoisotopic (exact) mass is 251 g/mol. The zero-order valence-electron chi connectivity index (χ0n) is 10.3. The zero-order valence-corrected chi connectivity index (χ0v) is 10.3. The molecule has 1 aromatic rings. The molecule has 0 amide bonds. The molecule has 2 aliphatic rings. The Morgan fingerprint density at radius 1 is 1.67 bits per heavy atom. The van der Waals surface area contributed by atoms with E-state index < -0.39 is 5.97 Å². The van der Waals surface area contributed by atoms with Crippen LogP contribution in [-0.2, 0) is 9.47 Å². The molecule has 1 aromatic heterocycles. The number of anilines is 1. The van der Waals surface area contributed by atoms with Gasteiger partial charge in [-0.2, -0.15) is 0 Å². The Kier molecular flexibility index (Phi) is 2.74. The van der Waals surface area contributed by atoms with Crippen LogP contribution >= 0.6 is 0 Å². The lowest BCUT2D eigenvalue weighted by atomic mass is 9.95. The number of carbonyl (C=O) groups excluding carboxylic acids is 1. The van der Waals surface area contributed by atoms with E-state index in [0.717, 1.165) is 19.3 Å². The van der Waals surface area contributed by atoms with Gasteiger partial charge < -0.3 is 19.8 Å². The minimum Gasteiger partial charge on any atom is -0.461 e. The summed E-state index contributed by atoms with van der Waals surface area (Å²) in [6, 6.07) is 0.208. The molecule has 2 saturated heterocycles. The summed E-state index contributed by atoms with van der Waals surface area (Å²) in [7, 11) is 0. The zero-order chi connectivity index (χ0) is 12.7. The van der Waals surface area contributed by atoms with E-state index in [-0.39, 0.29) is 17.8 Å². The second-order valence-electron chi connectivity index (χ2n) is 4.78. The lowest BCUT2D eigenvalue weighted by molar-refractivity contribution is 0.0521. The van der Waals surface area contributed by atoms with Gasteiger partial charge in [0.1, 0.15) is 5.82 Å². The highest BCUT2D eigenvalue weighted by molar-refractivity contribution is 5.92. The summed E-state index contributed by atoms with van der Waals surface area (Å²) < 4.78 is 12.6. The SMILES string of the molecule is CCOC(=O)c1ncn(C2CC3CCC2O3)c1N. The molecule has 18 heavy (non-hydrogen) atoms. The number of hydrogen-bond acceptors (Lipinski definition) is 5. The average Bonchev–Trinajstić information content (AvgIpc) is 3.03. The first-order valence-electron chi connectivity index (χ1n) is 6.35. The van der Waals surface area contributed by atoms with E-state index in [1.807, 2.05) is 4.57 Å². The van der Waals surface area contributed by atoms with Crippen LogP contribution in [0.15, 0.2) is 6.33 Å². The van der Waals surface area contributed by atoms with Gasteiger partial charge in [0.05, 0.1) is 31.2 Å². The maximum absolute atomic E-state index is 11.6. The van der Waals surface area contributed by atoms with Crippen LogP contribution in [0.2, 0.25) is 0 Å². The van der Waals surface area contributed by atoms with Crippen LogP contribution in [0, 0.1) is 0 Å². The van der Waals surface area contributed by atoms with Gasteiger partial charge in [-0.15, -0.1) is 0 Å².